The summed E-state index contributed by atoms with van der Waals surface area (Å²) in [7, 11) is 1.70. The van der Waals surface area contributed by atoms with E-state index in [2.05, 4.69) is 35.5 Å². The van der Waals surface area contributed by atoms with Gasteiger partial charge < -0.3 is 15.3 Å². The van der Waals surface area contributed by atoms with Crippen LogP contribution in [0.2, 0.25) is 0 Å². The van der Waals surface area contributed by atoms with Gasteiger partial charge in [0.25, 0.3) is 5.91 Å². The van der Waals surface area contributed by atoms with Gasteiger partial charge in [-0.1, -0.05) is 12.1 Å². The molecule has 0 spiro atoms. The molecule has 1 saturated carbocycles. The van der Waals surface area contributed by atoms with Gasteiger partial charge >= 0.3 is 11.9 Å². The summed E-state index contributed by atoms with van der Waals surface area (Å²) < 4.78 is 44.1. The third kappa shape index (κ3) is 7.06. The normalized spacial score (nSPS) is 22.7. The highest BCUT2D eigenvalue weighted by Crippen LogP contribution is 2.37. The number of para-hydroxylation sites is 1. The van der Waals surface area contributed by atoms with Crippen LogP contribution in [0.4, 0.5) is 24.7 Å². The maximum absolute atomic E-state index is 13.4. The lowest BCUT2D eigenvalue weighted by molar-refractivity contribution is -0.141. The van der Waals surface area contributed by atoms with Crippen molar-refractivity contribution in [3.8, 4) is 0 Å². The number of benzene rings is 1. The van der Waals surface area contributed by atoms with Crippen molar-refractivity contribution in [3.05, 3.63) is 76.7 Å². The highest BCUT2D eigenvalue weighted by Gasteiger charge is 2.38. The molecule has 3 N–H and O–H groups in total. The van der Waals surface area contributed by atoms with E-state index in [1.807, 2.05) is 29.1 Å². The maximum Gasteiger partial charge on any atom is 0.433 e. The Morgan fingerprint density at radius 2 is 1.78 bits per heavy atom. The number of aryl methyl sites for hydroxylation is 1. The summed E-state index contributed by atoms with van der Waals surface area (Å²) >= 11 is 0. The van der Waals surface area contributed by atoms with Crippen LogP contribution >= 0.6 is 0 Å². The molecule has 18 heteroatoms. The molecule has 0 radical (unpaired) electrons. The van der Waals surface area contributed by atoms with E-state index < -0.39 is 35.3 Å². The van der Waals surface area contributed by atoms with Crippen LogP contribution < -0.4 is 21.2 Å². The molecule has 1 aliphatic carbocycles. The van der Waals surface area contributed by atoms with Crippen LogP contribution in [0.15, 0.2) is 59.7 Å². The Morgan fingerprint density at radius 3 is 2.51 bits per heavy atom. The van der Waals surface area contributed by atoms with E-state index in [9.17, 15) is 37.5 Å². The number of nitrogens with one attached hydrogen (secondary N) is 2. The third-order valence-corrected chi connectivity index (χ3v) is 11.0. The summed E-state index contributed by atoms with van der Waals surface area (Å²) in [6, 6.07) is 9.70. The monoisotopic (exact) mass is 760 g/mol. The first-order valence-corrected chi connectivity index (χ1v) is 18.2. The smallest absolute Gasteiger partial charge is 0.389 e. The zero-order chi connectivity index (χ0) is 38.6. The molecule has 1 aromatic carbocycles. The molecule has 3 aliphatic rings. The Balaban J connectivity index is 0.875. The highest BCUT2D eigenvalue weighted by atomic mass is 19.4. The minimum absolute atomic E-state index is 0.0384. The number of carbonyl (C=O) groups is 3. The molecule has 55 heavy (non-hydrogen) atoms. The average molecular weight is 761 g/mol. The van der Waals surface area contributed by atoms with Crippen molar-refractivity contribution < 1.29 is 32.7 Å². The number of hydrogen-bond acceptors (Lipinski definition) is 10. The van der Waals surface area contributed by atoms with E-state index >= 15 is 0 Å². The molecule has 5 aromatic rings. The Morgan fingerprint density at radius 1 is 1.04 bits per heavy atom. The van der Waals surface area contributed by atoms with Crippen LogP contribution in [-0.4, -0.2) is 94.9 Å². The molecule has 1 atom stereocenters. The van der Waals surface area contributed by atoms with Crippen molar-refractivity contribution in [2.24, 2.45) is 7.05 Å². The van der Waals surface area contributed by atoms with Gasteiger partial charge in [0, 0.05) is 57.8 Å². The van der Waals surface area contributed by atoms with Gasteiger partial charge in [-0.15, -0.1) is 0 Å². The number of hydrogen-bond donors (Lipinski definition) is 3. The molecule has 2 saturated heterocycles. The second-order valence-corrected chi connectivity index (χ2v) is 14.6. The summed E-state index contributed by atoms with van der Waals surface area (Å²) in [5.41, 5.74) is 0.151. The van der Waals surface area contributed by atoms with Crippen molar-refractivity contribution >= 4 is 51.2 Å². The minimum Gasteiger partial charge on any atom is -0.389 e. The first-order chi connectivity index (χ1) is 26.3. The predicted octanol–water partition coefficient (Wildman–Crippen LogP) is 3.40. The number of anilines is 2. The quantitative estimate of drug-likeness (QED) is 0.209. The largest absolute Gasteiger partial charge is 0.433 e. The van der Waals surface area contributed by atoms with Gasteiger partial charge in [0.2, 0.25) is 11.8 Å². The number of pyridine rings is 2. The van der Waals surface area contributed by atoms with Crippen molar-refractivity contribution in [1.29, 1.82) is 0 Å². The van der Waals surface area contributed by atoms with Gasteiger partial charge in [-0.3, -0.25) is 38.4 Å². The van der Waals surface area contributed by atoms with Gasteiger partial charge in [-0.05, 0) is 62.4 Å². The molecule has 2 aliphatic heterocycles. The second kappa shape index (κ2) is 13.9. The summed E-state index contributed by atoms with van der Waals surface area (Å²) in [6.45, 7) is 3.32. The minimum atomic E-state index is -4.68. The van der Waals surface area contributed by atoms with Crippen LogP contribution in [0.25, 0.3) is 21.9 Å². The average Bonchev–Trinajstić information content (AvgIpc) is 3.69. The number of carbonyl (C=O) groups excluding carboxylic acids is 3. The molecular weight excluding hydrogens is 721 g/mol. The number of nitrogens with zero attached hydrogens (tertiary/aromatic N) is 8. The number of piperazine rings is 1. The lowest BCUT2D eigenvalue weighted by atomic mass is 9.81. The van der Waals surface area contributed by atoms with E-state index in [4.69, 9.17) is 0 Å². The summed E-state index contributed by atoms with van der Waals surface area (Å²) in [4.78, 5) is 62.6. The Bertz CT molecular complexity index is 2370. The zero-order valence-corrected chi connectivity index (χ0v) is 29.9. The fourth-order valence-electron chi connectivity index (χ4n) is 8.13. The first kappa shape index (κ1) is 36.4. The number of alkyl halides is 3. The molecule has 15 nitrogen and oxygen atoms in total. The number of aliphatic hydroxyl groups is 1. The van der Waals surface area contributed by atoms with Gasteiger partial charge in [0.05, 0.1) is 34.6 Å². The fraction of sp³-hybridized carbons (Fsp3) is 0.432. The molecule has 1 unspecified atom stereocenters. The SMILES string of the molecule is Cn1c(=O)n(C2CCC(=O)NC2=O)c2cccc(N3CCN(C[C@]4(O)CC[C@@H](n5cc6cc(NC(=O)c7cccc(C(F)(F)F)n7)ncc6n5)CC4)CC3)c21. The summed E-state index contributed by atoms with van der Waals surface area (Å²) in [5, 5.41) is 21.9. The van der Waals surface area contributed by atoms with Crippen molar-refractivity contribution in [3.63, 3.8) is 0 Å². The van der Waals surface area contributed by atoms with E-state index in [0.717, 1.165) is 23.3 Å². The first-order valence-electron chi connectivity index (χ1n) is 18.2. The van der Waals surface area contributed by atoms with Crippen molar-refractivity contribution in [1.82, 2.24) is 39.1 Å². The van der Waals surface area contributed by atoms with E-state index in [1.54, 1.807) is 17.7 Å². The van der Waals surface area contributed by atoms with E-state index in [-0.39, 0.29) is 42.0 Å². The fourth-order valence-corrected chi connectivity index (χ4v) is 8.13. The highest BCUT2D eigenvalue weighted by molar-refractivity contribution is 6.03. The molecule has 4 aromatic heterocycles. The number of fused-ring (bicyclic) bond motifs is 2. The van der Waals surface area contributed by atoms with Crippen LogP contribution in [0.1, 0.15) is 66.8 Å². The molecule has 3 amide bonds. The molecule has 288 valence electrons. The Labute approximate surface area is 311 Å². The van der Waals surface area contributed by atoms with Gasteiger partial charge in [0.1, 0.15) is 28.8 Å². The molecule has 8 rings (SSSR count). The number of imidazole rings is 1. The van der Waals surface area contributed by atoms with Gasteiger partial charge in [-0.25, -0.2) is 14.8 Å². The summed E-state index contributed by atoms with van der Waals surface area (Å²) in [6.07, 6.45) is 1.65. The number of amides is 3. The van der Waals surface area contributed by atoms with Crippen LogP contribution in [0.3, 0.4) is 0 Å². The van der Waals surface area contributed by atoms with Gasteiger partial charge in [0.15, 0.2) is 0 Å². The Kier molecular flexibility index (Phi) is 9.19. The zero-order valence-electron chi connectivity index (χ0n) is 29.9. The lowest BCUT2D eigenvalue weighted by Gasteiger charge is -2.43. The van der Waals surface area contributed by atoms with E-state index in [1.165, 1.54) is 16.8 Å². The van der Waals surface area contributed by atoms with Gasteiger partial charge in [-0.2, -0.15) is 18.3 Å². The Hall–Kier alpha value is -5.62. The third-order valence-electron chi connectivity index (χ3n) is 11.0. The predicted molar refractivity (Wildman–Crippen MR) is 194 cm³/mol. The van der Waals surface area contributed by atoms with Crippen molar-refractivity contribution in [2.75, 3.05) is 42.9 Å². The number of piperidine rings is 1. The number of rotatable bonds is 7. The number of aromatic nitrogens is 6. The molecule has 0 bridgehead atoms. The second-order valence-electron chi connectivity index (χ2n) is 14.6. The lowest BCUT2D eigenvalue weighted by Crippen LogP contribution is -2.53. The number of halogens is 3. The van der Waals surface area contributed by atoms with Crippen LogP contribution in [0.5, 0.6) is 0 Å². The van der Waals surface area contributed by atoms with Crippen molar-refractivity contribution in [2.45, 2.75) is 62.4 Å². The van der Waals surface area contributed by atoms with E-state index in [0.29, 0.717) is 74.8 Å². The number of β-amino-alcohol motifs (C(OH)–C–C–N with tert-alkyl or cyclic N) is 1. The van der Waals surface area contributed by atoms with Crippen LogP contribution in [0, 0.1) is 0 Å². The van der Waals surface area contributed by atoms with Crippen LogP contribution in [-0.2, 0) is 22.8 Å². The molecular formula is C37H39F3N10O5. The topological polar surface area (TPSA) is 173 Å². The maximum atomic E-state index is 13.4. The molecule has 6 heterocycles. The number of imide groups is 1. The standard InChI is InChI=1S/C37H39F3N10O5/c1-46-32-26(5-3-6-27(32)50(35(46)54)28-8-9-31(51)44-34(28)53)48-16-14-47(15-17-48)21-36(55)12-10-23(11-13-36)49-20-22-18-30(41-19-25(22)45-49)43-33(52)24-4-2-7-29(42-24)37(38,39)40/h2-7,18-20,23,28,55H,8-17,21H2,1H3,(H,43,52)(H,44,51,53)/t23-,28?,36+. The summed E-state index contributed by atoms with van der Waals surface area (Å²) in [5.74, 6) is -1.47. The molecule has 3 fully saturated rings.